The highest BCUT2D eigenvalue weighted by Gasteiger charge is 2.30. The first-order chi connectivity index (χ1) is 7.83. The molecule has 0 aromatic rings. The molecule has 0 aromatic carbocycles. The van der Waals surface area contributed by atoms with Crippen molar-refractivity contribution in [2.75, 3.05) is 0 Å². The fourth-order valence-electron chi connectivity index (χ4n) is 2.58. The van der Waals surface area contributed by atoms with Gasteiger partial charge in [-0.15, -0.1) is 0 Å². The van der Waals surface area contributed by atoms with Crippen LogP contribution in [0.4, 0.5) is 0 Å². The summed E-state index contributed by atoms with van der Waals surface area (Å²) in [7, 11) is 0. The van der Waals surface area contributed by atoms with Gasteiger partial charge in [0.2, 0.25) is 0 Å². The van der Waals surface area contributed by atoms with Crippen LogP contribution in [0.1, 0.15) is 51.9 Å². The first kappa shape index (κ1) is 11.4. The van der Waals surface area contributed by atoms with E-state index in [9.17, 15) is 4.79 Å². The van der Waals surface area contributed by atoms with Gasteiger partial charge in [0.05, 0.1) is 11.3 Å². The van der Waals surface area contributed by atoms with Gasteiger partial charge in [0.15, 0.2) is 0 Å². The van der Waals surface area contributed by atoms with Crippen molar-refractivity contribution < 1.29 is 9.63 Å². The SMILES string of the molecule is C/C=C1\C(=O)ON=C1C1CCCCCCC1. The molecule has 0 radical (unpaired) electrons. The zero-order valence-electron chi connectivity index (χ0n) is 9.87. The van der Waals surface area contributed by atoms with Crippen molar-refractivity contribution >= 4 is 11.7 Å². The van der Waals surface area contributed by atoms with Crippen molar-refractivity contribution in [3.63, 3.8) is 0 Å². The first-order valence-corrected chi connectivity index (χ1v) is 6.29. The maximum Gasteiger partial charge on any atom is 0.367 e. The van der Waals surface area contributed by atoms with Crippen LogP contribution in [0.5, 0.6) is 0 Å². The van der Waals surface area contributed by atoms with Crippen LogP contribution in [-0.2, 0) is 9.63 Å². The summed E-state index contributed by atoms with van der Waals surface area (Å²) in [4.78, 5) is 16.2. The molecule has 3 nitrogen and oxygen atoms in total. The van der Waals surface area contributed by atoms with Crippen LogP contribution < -0.4 is 0 Å². The Hall–Kier alpha value is -1.12. The smallest absolute Gasteiger partial charge is 0.312 e. The summed E-state index contributed by atoms with van der Waals surface area (Å²) in [6.45, 7) is 1.88. The van der Waals surface area contributed by atoms with Crippen LogP contribution in [0.25, 0.3) is 0 Å². The molecule has 3 heteroatoms. The fourth-order valence-corrected chi connectivity index (χ4v) is 2.58. The lowest BCUT2D eigenvalue weighted by Crippen LogP contribution is -2.18. The number of nitrogens with zero attached hydrogens (tertiary/aromatic N) is 1. The minimum atomic E-state index is -0.278. The average Bonchev–Trinajstić information content (AvgIpc) is 2.59. The zero-order chi connectivity index (χ0) is 11.4. The van der Waals surface area contributed by atoms with Crippen molar-refractivity contribution in [2.24, 2.45) is 11.1 Å². The molecule has 0 saturated heterocycles. The van der Waals surface area contributed by atoms with E-state index in [2.05, 4.69) is 5.16 Å². The van der Waals surface area contributed by atoms with E-state index in [-0.39, 0.29) is 5.97 Å². The lowest BCUT2D eigenvalue weighted by atomic mass is 9.85. The van der Waals surface area contributed by atoms with Gasteiger partial charge in [-0.2, -0.15) is 0 Å². The molecule has 1 saturated carbocycles. The molecule has 2 rings (SSSR count). The normalized spacial score (nSPS) is 26.2. The molecule has 0 N–H and O–H groups in total. The highest BCUT2D eigenvalue weighted by atomic mass is 16.7. The third-order valence-corrected chi connectivity index (χ3v) is 3.50. The molecule has 0 aromatic heterocycles. The van der Waals surface area contributed by atoms with E-state index in [4.69, 9.17) is 4.84 Å². The number of hydrogen-bond donors (Lipinski definition) is 0. The van der Waals surface area contributed by atoms with Gasteiger partial charge in [-0.05, 0) is 19.8 Å². The van der Waals surface area contributed by atoms with Crippen molar-refractivity contribution in [3.05, 3.63) is 11.6 Å². The molecule has 1 heterocycles. The lowest BCUT2D eigenvalue weighted by Gasteiger charge is -2.18. The molecule has 1 fully saturated rings. The Morgan fingerprint density at radius 3 is 2.44 bits per heavy atom. The highest BCUT2D eigenvalue weighted by Crippen LogP contribution is 2.28. The maximum absolute atomic E-state index is 11.4. The van der Waals surface area contributed by atoms with Crippen LogP contribution in [0, 0.1) is 5.92 Å². The molecular formula is C13H19NO2. The topological polar surface area (TPSA) is 38.7 Å². The van der Waals surface area contributed by atoms with Gasteiger partial charge >= 0.3 is 5.97 Å². The number of oxime groups is 1. The van der Waals surface area contributed by atoms with Crippen LogP contribution in [-0.4, -0.2) is 11.7 Å². The second-order valence-corrected chi connectivity index (χ2v) is 4.60. The summed E-state index contributed by atoms with van der Waals surface area (Å²) in [6, 6.07) is 0. The molecule has 0 bridgehead atoms. The van der Waals surface area contributed by atoms with Gasteiger partial charge in [-0.25, -0.2) is 4.79 Å². The number of hydrogen-bond acceptors (Lipinski definition) is 3. The quantitative estimate of drug-likeness (QED) is 0.503. The van der Waals surface area contributed by atoms with E-state index in [1.165, 1.54) is 32.1 Å². The van der Waals surface area contributed by atoms with Crippen molar-refractivity contribution in [2.45, 2.75) is 51.9 Å². The van der Waals surface area contributed by atoms with E-state index in [0.29, 0.717) is 11.5 Å². The van der Waals surface area contributed by atoms with Gasteiger partial charge < -0.3 is 4.84 Å². The van der Waals surface area contributed by atoms with Gasteiger partial charge in [0.1, 0.15) is 0 Å². The molecule has 0 spiro atoms. The standard InChI is InChI=1S/C13H19NO2/c1-2-11-12(14-16-13(11)15)10-8-6-4-3-5-7-9-10/h2,10H,3-9H2,1H3/b11-2-. The molecule has 2 aliphatic rings. The van der Waals surface area contributed by atoms with Crippen LogP contribution >= 0.6 is 0 Å². The largest absolute Gasteiger partial charge is 0.367 e. The Morgan fingerprint density at radius 2 is 1.81 bits per heavy atom. The number of rotatable bonds is 1. The van der Waals surface area contributed by atoms with Crippen molar-refractivity contribution in [1.29, 1.82) is 0 Å². The highest BCUT2D eigenvalue weighted by molar-refractivity contribution is 6.22. The summed E-state index contributed by atoms with van der Waals surface area (Å²) < 4.78 is 0. The van der Waals surface area contributed by atoms with E-state index in [1.54, 1.807) is 0 Å². The Kier molecular flexibility index (Phi) is 3.75. The summed E-state index contributed by atoms with van der Waals surface area (Å²) >= 11 is 0. The van der Waals surface area contributed by atoms with Crippen LogP contribution in [0.15, 0.2) is 16.8 Å². The summed E-state index contributed by atoms with van der Waals surface area (Å²) in [5.41, 5.74) is 1.58. The Labute approximate surface area is 96.5 Å². The second-order valence-electron chi connectivity index (χ2n) is 4.60. The van der Waals surface area contributed by atoms with Crippen LogP contribution in [0.3, 0.4) is 0 Å². The Balaban J connectivity index is 2.07. The number of carbonyl (C=O) groups is 1. The molecular weight excluding hydrogens is 202 g/mol. The zero-order valence-corrected chi connectivity index (χ0v) is 9.87. The van der Waals surface area contributed by atoms with Gasteiger partial charge in [-0.1, -0.05) is 43.3 Å². The van der Waals surface area contributed by atoms with Gasteiger partial charge in [0.25, 0.3) is 0 Å². The molecule has 0 amide bonds. The van der Waals surface area contributed by atoms with E-state index in [0.717, 1.165) is 18.6 Å². The minimum Gasteiger partial charge on any atom is -0.312 e. The molecule has 1 aliphatic carbocycles. The summed E-state index contributed by atoms with van der Waals surface area (Å²) in [5.74, 6) is 0.150. The molecule has 88 valence electrons. The van der Waals surface area contributed by atoms with E-state index >= 15 is 0 Å². The minimum absolute atomic E-state index is 0.278. The first-order valence-electron chi connectivity index (χ1n) is 6.29. The Bertz CT molecular complexity index is 323. The summed E-state index contributed by atoms with van der Waals surface area (Å²) in [5, 5.41) is 3.96. The monoisotopic (exact) mass is 221 g/mol. The Morgan fingerprint density at radius 1 is 1.19 bits per heavy atom. The van der Waals surface area contributed by atoms with Gasteiger partial charge in [0, 0.05) is 5.92 Å². The third kappa shape index (κ3) is 2.34. The number of allylic oxidation sites excluding steroid dienone is 1. The van der Waals surface area contributed by atoms with Crippen molar-refractivity contribution in [3.8, 4) is 0 Å². The predicted octanol–water partition coefficient (Wildman–Crippen LogP) is 3.21. The third-order valence-electron chi connectivity index (χ3n) is 3.50. The van der Waals surface area contributed by atoms with Crippen LogP contribution in [0.2, 0.25) is 0 Å². The van der Waals surface area contributed by atoms with Crippen molar-refractivity contribution in [1.82, 2.24) is 0 Å². The fraction of sp³-hybridized carbons (Fsp3) is 0.692. The second kappa shape index (κ2) is 5.28. The summed E-state index contributed by atoms with van der Waals surface area (Å²) in [6.07, 6.45) is 10.6. The molecule has 0 atom stereocenters. The maximum atomic E-state index is 11.4. The molecule has 0 unspecified atom stereocenters. The average molecular weight is 221 g/mol. The lowest BCUT2D eigenvalue weighted by molar-refractivity contribution is -0.136. The predicted molar refractivity (Wildman–Crippen MR) is 63.1 cm³/mol. The molecule has 1 aliphatic heterocycles. The van der Waals surface area contributed by atoms with E-state index < -0.39 is 0 Å². The number of carbonyl (C=O) groups excluding carboxylic acids is 1. The molecule has 16 heavy (non-hydrogen) atoms. The van der Waals surface area contributed by atoms with E-state index in [1.807, 2.05) is 13.0 Å². The van der Waals surface area contributed by atoms with Gasteiger partial charge in [-0.3, -0.25) is 0 Å².